The van der Waals surface area contributed by atoms with Gasteiger partial charge in [0.2, 0.25) is 7.59 Å². The van der Waals surface area contributed by atoms with Crippen LogP contribution in [0.2, 0.25) is 0 Å². The Labute approximate surface area is 288 Å². The molecule has 44 heavy (non-hydrogen) atoms. The van der Waals surface area contributed by atoms with E-state index in [0.717, 1.165) is 22.3 Å². The van der Waals surface area contributed by atoms with Crippen LogP contribution in [0.25, 0.3) is 0 Å². The first-order valence-corrected chi connectivity index (χ1v) is 16.1. The second-order valence-corrected chi connectivity index (χ2v) is 15.0. The Hall–Kier alpha value is -2.19. The van der Waals surface area contributed by atoms with Crippen LogP contribution in [0.15, 0.2) is 121 Å². The topological polar surface area (TPSA) is 47.6 Å². The van der Waals surface area contributed by atoms with Crippen LogP contribution >= 0.6 is 69.6 Å². The van der Waals surface area contributed by atoms with Crippen LogP contribution in [-0.4, -0.2) is 35.7 Å². The molecular weight excluding hydrogens is 681 g/mol. The van der Waals surface area contributed by atoms with E-state index in [1.165, 1.54) is 0 Å². The molecule has 2 amide bonds. The lowest BCUT2D eigenvalue weighted by Gasteiger charge is -2.39. The predicted molar refractivity (Wildman–Crippen MR) is 184 cm³/mol. The van der Waals surface area contributed by atoms with Crippen LogP contribution in [0.3, 0.4) is 0 Å². The zero-order valence-electron chi connectivity index (χ0n) is 23.6. The van der Waals surface area contributed by atoms with Crippen molar-refractivity contribution >= 4 is 75.6 Å². The number of urea groups is 1. The Morgan fingerprint density at radius 1 is 0.477 bits per heavy atom. The second kappa shape index (κ2) is 16.4. The highest BCUT2D eigenvalue weighted by molar-refractivity contribution is 6.68. The first kappa shape index (κ1) is 34.7. The molecule has 0 aliphatic rings. The number of amides is 2. The predicted octanol–water partition coefficient (Wildman–Crippen LogP) is 9.08. The number of carbonyl (C=O) groups is 1. The molecule has 0 saturated heterocycles. The van der Waals surface area contributed by atoms with Crippen molar-refractivity contribution in [2.24, 2.45) is 0 Å². The zero-order valence-corrected chi connectivity index (χ0v) is 28.1. The lowest BCUT2D eigenvalue weighted by molar-refractivity contribution is 0.130. The fourth-order valence-electron chi connectivity index (χ4n) is 4.80. The van der Waals surface area contributed by atoms with Crippen LogP contribution in [-0.2, 0) is 26.2 Å². The third-order valence-corrected chi connectivity index (χ3v) is 8.04. The van der Waals surface area contributed by atoms with Crippen molar-refractivity contribution in [1.29, 1.82) is 0 Å². The third kappa shape index (κ3) is 11.0. The second-order valence-electron chi connectivity index (χ2n) is 10.3. The van der Waals surface area contributed by atoms with E-state index in [9.17, 15) is 4.79 Å². The fraction of sp³-hybridized carbons (Fsp3) is 0.242. The van der Waals surface area contributed by atoms with E-state index in [4.69, 9.17) is 69.6 Å². The highest BCUT2D eigenvalue weighted by Crippen LogP contribution is 2.35. The number of hydrogen-bond donors (Lipinski definition) is 2. The van der Waals surface area contributed by atoms with Crippen LogP contribution in [0.5, 0.6) is 0 Å². The number of halogens is 6. The summed E-state index contributed by atoms with van der Waals surface area (Å²) in [5.41, 5.74) is 3.89. The van der Waals surface area contributed by atoms with Gasteiger partial charge in [0.05, 0.1) is 0 Å². The van der Waals surface area contributed by atoms with Gasteiger partial charge in [-0.1, -0.05) is 191 Å². The Kier molecular flexibility index (Phi) is 12.9. The molecule has 0 fully saturated rings. The number of rotatable bonds is 12. The maximum Gasteiger partial charge on any atom is 0.317 e. The van der Waals surface area contributed by atoms with E-state index in [1.54, 1.807) is 0 Å². The normalized spacial score (nSPS) is 13.5. The highest BCUT2D eigenvalue weighted by Gasteiger charge is 2.42. The summed E-state index contributed by atoms with van der Waals surface area (Å²) in [6.45, 7) is 1.54. The SMILES string of the molecule is O=C(NC(N(Cc1ccccc1)Cc1ccccc1)C(Cl)(Cl)Cl)NC(N(Cc1ccccc1)Cc1ccccc1)C(Cl)(Cl)Cl. The number of carbonyl (C=O) groups excluding carboxylic acids is 1. The summed E-state index contributed by atoms with van der Waals surface area (Å²) in [6, 6.07) is 38.2. The summed E-state index contributed by atoms with van der Waals surface area (Å²) in [4.78, 5) is 17.5. The van der Waals surface area contributed by atoms with Gasteiger partial charge in [-0.3, -0.25) is 9.80 Å². The molecule has 0 spiro atoms. The molecule has 0 saturated carbocycles. The van der Waals surface area contributed by atoms with E-state index in [2.05, 4.69) is 10.6 Å². The number of nitrogens with one attached hydrogen (secondary N) is 2. The van der Waals surface area contributed by atoms with E-state index in [-0.39, 0.29) is 0 Å². The molecule has 4 aromatic carbocycles. The van der Waals surface area contributed by atoms with Gasteiger partial charge in [-0.25, -0.2) is 4.79 Å². The Morgan fingerprint density at radius 2 is 0.705 bits per heavy atom. The monoisotopic (exact) mass is 710 g/mol. The van der Waals surface area contributed by atoms with Gasteiger partial charge in [0.1, 0.15) is 12.3 Å². The van der Waals surface area contributed by atoms with E-state index in [1.807, 2.05) is 131 Å². The quantitative estimate of drug-likeness (QED) is 0.114. The van der Waals surface area contributed by atoms with Gasteiger partial charge in [-0.15, -0.1) is 0 Å². The van der Waals surface area contributed by atoms with Crippen molar-refractivity contribution in [3.8, 4) is 0 Å². The summed E-state index contributed by atoms with van der Waals surface area (Å²) < 4.78 is -3.83. The van der Waals surface area contributed by atoms with Crippen molar-refractivity contribution in [1.82, 2.24) is 20.4 Å². The Bertz CT molecular complexity index is 1230. The molecule has 0 heterocycles. The van der Waals surface area contributed by atoms with Gasteiger partial charge < -0.3 is 10.6 Å². The van der Waals surface area contributed by atoms with Gasteiger partial charge in [0, 0.05) is 26.2 Å². The lowest BCUT2D eigenvalue weighted by atomic mass is 10.1. The molecule has 2 unspecified atom stereocenters. The molecular formula is C33H32Cl6N4O. The van der Waals surface area contributed by atoms with Gasteiger partial charge in [0.25, 0.3) is 0 Å². The summed E-state index contributed by atoms with van der Waals surface area (Å²) in [5.74, 6) is 0. The molecule has 4 aromatic rings. The Balaban J connectivity index is 1.61. The highest BCUT2D eigenvalue weighted by atomic mass is 35.6. The van der Waals surface area contributed by atoms with Gasteiger partial charge in [-0.05, 0) is 22.3 Å². The van der Waals surface area contributed by atoms with Crippen molar-refractivity contribution in [3.05, 3.63) is 144 Å². The van der Waals surface area contributed by atoms with Gasteiger partial charge >= 0.3 is 6.03 Å². The molecule has 0 aliphatic carbocycles. The molecule has 0 radical (unpaired) electrons. The maximum absolute atomic E-state index is 13.7. The lowest BCUT2D eigenvalue weighted by Crippen LogP contribution is -2.62. The van der Waals surface area contributed by atoms with Gasteiger partial charge in [-0.2, -0.15) is 0 Å². The Morgan fingerprint density at radius 3 is 0.909 bits per heavy atom. The molecule has 5 nitrogen and oxygen atoms in total. The molecule has 2 N–H and O–H groups in total. The van der Waals surface area contributed by atoms with E-state index >= 15 is 0 Å². The first-order chi connectivity index (χ1) is 21.0. The van der Waals surface area contributed by atoms with E-state index < -0.39 is 25.9 Å². The molecule has 2 atom stereocenters. The smallest absolute Gasteiger partial charge is 0.317 e. The molecule has 4 rings (SSSR count). The van der Waals surface area contributed by atoms with Crippen molar-refractivity contribution < 1.29 is 4.79 Å². The maximum atomic E-state index is 13.7. The minimum atomic E-state index is -1.91. The van der Waals surface area contributed by atoms with E-state index in [0.29, 0.717) is 26.2 Å². The van der Waals surface area contributed by atoms with Crippen LogP contribution in [0.4, 0.5) is 4.79 Å². The number of alkyl halides is 6. The molecule has 0 bridgehead atoms. The molecule has 232 valence electrons. The summed E-state index contributed by atoms with van der Waals surface area (Å²) in [7, 11) is 0. The minimum Gasteiger partial charge on any atom is -0.318 e. The fourth-order valence-corrected chi connectivity index (χ4v) is 5.95. The standard InChI is InChI=1S/C33H32Cl6N4O/c34-32(35,36)29(42(21-25-13-5-1-6-14-25)22-26-15-7-2-8-16-26)40-31(44)41-30(33(37,38)39)43(23-27-17-9-3-10-18-27)24-28-19-11-4-12-20-28/h1-20,29-30H,21-24H2,(H2,40,41,44). The average molecular weight is 713 g/mol. The van der Waals surface area contributed by atoms with Crippen molar-refractivity contribution in [2.75, 3.05) is 0 Å². The van der Waals surface area contributed by atoms with Crippen molar-refractivity contribution in [2.45, 2.75) is 46.1 Å². The third-order valence-electron chi connectivity index (χ3n) is 6.80. The largest absolute Gasteiger partial charge is 0.318 e. The number of hydrogen-bond acceptors (Lipinski definition) is 3. The molecule has 11 heteroatoms. The molecule has 0 aliphatic heterocycles. The summed E-state index contributed by atoms with van der Waals surface area (Å²) in [6.07, 6.45) is -2.11. The number of benzene rings is 4. The van der Waals surface area contributed by atoms with Crippen LogP contribution < -0.4 is 10.6 Å². The zero-order chi connectivity index (χ0) is 31.6. The summed E-state index contributed by atoms with van der Waals surface area (Å²) >= 11 is 39.2. The molecule has 0 aromatic heterocycles. The van der Waals surface area contributed by atoms with Crippen LogP contribution in [0, 0.1) is 0 Å². The van der Waals surface area contributed by atoms with Crippen LogP contribution in [0.1, 0.15) is 22.3 Å². The number of nitrogens with zero attached hydrogens (tertiary/aromatic N) is 2. The average Bonchev–Trinajstić information content (AvgIpc) is 2.99. The summed E-state index contributed by atoms with van der Waals surface area (Å²) in [5, 5.41) is 5.72. The first-order valence-electron chi connectivity index (χ1n) is 13.8. The van der Waals surface area contributed by atoms with Crippen molar-refractivity contribution in [3.63, 3.8) is 0 Å². The van der Waals surface area contributed by atoms with Gasteiger partial charge in [0.15, 0.2) is 0 Å². The minimum absolute atomic E-state index is 0.386.